The highest BCUT2D eigenvalue weighted by atomic mass is 16.5. The van der Waals surface area contributed by atoms with Crippen LogP contribution in [0.5, 0.6) is 0 Å². The molecule has 1 saturated carbocycles. The Morgan fingerprint density at radius 2 is 2.04 bits per heavy atom. The third-order valence-electron chi connectivity index (χ3n) is 4.46. The zero-order valence-corrected chi connectivity index (χ0v) is 14.4. The van der Waals surface area contributed by atoms with Crippen molar-refractivity contribution in [3.05, 3.63) is 65.2 Å². The Balaban J connectivity index is 1.67. The lowest BCUT2D eigenvalue weighted by atomic mass is 9.98. The molecule has 1 aliphatic carbocycles. The molecule has 132 valence electrons. The number of aromatic nitrogens is 2. The summed E-state index contributed by atoms with van der Waals surface area (Å²) in [5.74, 6) is 0.151. The molecule has 0 saturated heterocycles. The third-order valence-corrected chi connectivity index (χ3v) is 4.46. The van der Waals surface area contributed by atoms with E-state index in [1.807, 2.05) is 37.3 Å². The van der Waals surface area contributed by atoms with Gasteiger partial charge in [0.2, 0.25) is 0 Å². The predicted octanol–water partition coefficient (Wildman–Crippen LogP) is 3.36. The van der Waals surface area contributed by atoms with Gasteiger partial charge in [-0.3, -0.25) is 9.59 Å². The quantitative estimate of drug-likeness (QED) is 0.668. The zero-order chi connectivity index (χ0) is 18.1. The van der Waals surface area contributed by atoms with Crippen molar-refractivity contribution in [2.45, 2.75) is 32.2 Å². The van der Waals surface area contributed by atoms with Crippen molar-refractivity contribution in [2.24, 2.45) is 0 Å². The van der Waals surface area contributed by atoms with Gasteiger partial charge in [-0.15, -0.1) is 0 Å². The van der Waals surface area contributed by atoms with Gasteiger partial charge in [-0.25, -0.2) is 0 Å². The van der Waals surface area contributed by atoms with Crippen LogP contribution in [0.15, 0.2) is 47.1 Å². The van der Waals surface area contributed by atoms with E-state index in [0.717, 1.165) is 18.4 Å². The SMILES string of the molecule is CCc1onc(-c2ccccc2)c1C(=O)c1c[nH]c(C(=O)NC2CC2)c1. The fourth-order valence-electron chi connectivity index (χ4n) is 2.88. The number of H-pyrrole nitrogens is 1. The molecular formula is C20H19N3O3. The number of rotatable bonds is 6. The first-order chi connectivity index (χ1) is 12.7. The number of ketones is 1. The van der Waals surface area contributed by atoms with Crippen LogP contribution in [0.4, 0.5) is 0 Å². The number of hydrogen-bond donors (Lipinski definition) is 2. The average molecular weight is 349 g/mol. The topological polar surface area (TPSA) is 88.0 Å². The predicted molar refractivity (Wildman–Crippen MR) is 96.0 cm³/mol. The number of amides is 1. The molecule has 0 aliphatic heterocycles. The molecule has 0 unspecified atom stereocenters. The van der Waals surface area contributed by atoms with Crippen LogP contribution >= 0.6 is 0 Å². The molecule has 6 nitrogen and oxygen atoms in total. The van der Waals surface area contributed by atoms with Gasteiger partial charge in [0.25, 0.3) is 5.91 Å². The van der Waals surface area contributed by atoms with Gasteiger partial charge in [-0.05, 0) is 18.9 Å². The van der Waals surface area contributed by atoms with Gasteiger partial charge in [0.15, 0.2) is 5.78 Å². The fourth-order valence-corrected chi connectivity index (χ4v) is 2.88. The largest absolute Gasteiger partial charge is 0.360 e. The monoisotopic (exact) mass is 349 g/mol. The molecule has 3 aromatic rings. The van der Waals surface area contributed by atoms with Crippen LogP contribution in [-0.2, 0) is 6.42 Å². The first kappa shape index (κ1) is 16.3. The second-order valence-corrected chi connectivity index (χ2v) is 6.43. The van der Waals surface area contributed by atoms with Crippen molar-refractivity contribution in [3.8, 4) is 11.3 Å². The van der Waals surface area contributed by atoms with Gasteiger partial charge in [0.05, 0.1) is 5.56 Å². The van der Waals surface area contributed by atoms with Gasteiger partial charge in [0, 0.05) is 29.8 Å². The molecule has 1 fully saturated rings. The van der Waals surface area contributed by atoms with E-state index in [0.29, 0.717) is 34.7 Å². The molecule has 0 bridgehead atoms. The lowest BCUT2D eigenvalue weighted by Gasteiger charge is -2.02. The molecule has 0 spiro atoms. The van der Waals surface area contributed by atoms with Crippen molar-refractivity contribution in [2.75, 3.05) is 0 Å². The van der Waals surface area contributed by atoms with E-state index in [1.165, 1.54) is 0 Å². The summed E-state index contributed by atoms with van der Waals surface area (Å²) in [6.45, 7) is 1.91. The van der Waals surface area contributed by atoms with Crippen molar-refractivity contribution in [1.29, 1.82) is 0 Å². The van der Waals surface area contributed by atoms with Crippen LogP contribution in [0.2, 0.25) is 0 Å². The van der Waals surface area contributed by atoms with Crippen molar-refractivity contribution in [3.63, 3.8) is 0 Å². The molecule has 4 rings (SSSR count). The highest BCUT2D eigenvalue weighted by Gasteiger charge is 2.27. The lowest BCUT2D eigenvalue weighted by Crippen LogP contribution is -2.25. The van der Waals surface area contributed by atoms with Crippen LogP contribution in [0.25, 0.3) is 11.3 Å². The first-order valence-electron chi connectivity index (χ1n) is 8.75. The molecular weight excluding hydrogens is 330 g/mol. The van der Waals surface area contributed by atoms with Gasteiger partial charge >= 0.3 is 0 Å². The van der Waals surface area contributed by atoms with Crippen molar-refractivity contribution in [1.82, 2.24) is 15.5 Å². The molecule has 1 aliphatic rings. The van der Waals surface area contributed by atoms with E-state index < -0.39 is 0 Å². The van der Waals surface area contributed by atoms with Crippen LogP contribution in [-0.4, -0.2) is 27.9 Å². The number of hydrogen-bond acceptors (Lipinski definition) is 4. The second-order valence-electron chi connectivity index (χ2n) is 6.43. The summed E-state index contributed by atoms with van der Waals surface area (Å²) in [6.07, 6.45) is 4.14. The minimum Gasteiger partial charge on any atom is -0.360 e. The lowest BCUT2D eigenvalue weighted by molar-refractivity contribution is 0.0946. The Hall–Kier alpha value is -3.15. The minimum atomic E-state index is -0.205. The van der Waals surface area contributed by atoms with E-state index in [4.69, 9.17) is 4.52 Å². The Morgan fingerprint density at radius 3 is 2.73 bits per heavy atom. The first-order valence-corrected chi connectivity index (χ1v) is 8.75. The molecule has 0 radical (unpaired) electrons. The number of aromatic amines is 1. The minimum absolute atomic E-state index is 0.184. The smallest absolute Gasteiger partial charge is 0.267 e. The standard InChI is InChI=1S/C20H19N3O3/c1-2-16-17(18(23-26-16)12-6-4-3-5-7-12)19(24)13-10-15(21-11-13)20(25)22-14-8-9-14/h3-7,10-11,14,21H,2,8-9H2,1H3,(H,22,25). The van der Waals surface area contributed by atoms with Gasteiger partial charge < -0.3 is 14.8 Å². The van der Waals surface area contributed by atoms with Gasteiger partial charge in [-0.1, -0.05) is 42.4 Å². The molecule has 2 aromatic heterocycles. The summed E-state index contributed by atoms with van der Waals surface area (Å²) in [6, 6.07) is 11.3. The Morgan fingerprint density at radius 1 is 1.27 bits per heavy atom. The number of nitrogens with one attached hydrogen (secondary N) is 2. The van der Waals surface area contributed by atoms with Gasteiger partial charge in [-0.2, -0.15) is 0 Å². The fraction of sp³-hybridized carbons (Fsp3) is 0.250. The van der Waals surface area contributed by atoms with E-state index in [2.05, 4.69) is 15.5 Å². The zero-order valence-electron chi connectivity index (χ0n) is 14.4. The third kappa shape index (κ3) is 3.06. The number of benzene rings is 1. The molecule has 2 heterocycles. The number of nitrogens with zero attached hydrogens (tertiary/aromatic N) is 1. The van der Waals surface area contributed by atoms with Gasteiger partial charge in [0.1, 0.15) is 17.1 Å². The average Bonchev–Trinajstić information content (AvgIpc) is 3.19. The van der Waals surface area contributed by atoms with E-state index in [1.54, 1.807) is 12.3 Å². The summed E-state index contributed by atoms with van der Waals surface area (Å²) in [4.78, 5) is 28.1. The summed E-state index contributed by atoms with van der Waals surface area (Å²) in [7, 11) is 0. The van der Waals surface area contributed by atoms with Crippen LogP contribution in [0.1, 0.15) is 51.9 Å². The number of carbonyl (C=O) groups excluding carboxylic acids is 2. The Kier molecular flexibility index (Phi) is 4.16. The van der Waals surface area contributed by atoms with E-state index in [9.17, 15) is 9.59 Å². The maximum absolute atomic E-state index is 13.1. The highest BCUT2D eigenvalue weighted by Crippen LogP contribution is 2.28. The highest BCUT2D eigenvalue weighted by molar-refractivity contribution is 6.13. The van der Waals surface area contributed by atoms with E-state index in [-0.39, 0.29) is 17.7 Å². The maximum Gasteiger partial charge on any atom is 0.267 e. The molecule has 0 atom stereocenters. The van der Waals surface area contributed by atoms with Crippen LogP contribution < -0.4 is 5.32 Å². The summed E-state index contributed by atoms with van der Waals surface area (Å²) in [5, 5.41) is 7.01. The van der Waals surface area contributed by atoms with Crippen LogP contribution in [0, 0.1) is 0 Å². The summed E-state index contributed by atoms with van der Waals surface area (Å²) < 4.78 is 5.40. The number of carbonyl (C=O) groups is 2. The molecule has 26 heavy (non-hydrogen) atoms. The molecule has 1 amide bonds. The maximum atomic E-state index is 13.1. The summed E-state index contributed by atoms with van der Waals surface area (Å²) >= 11 is 0. The Labute approximate surface area is 150 Å². The van der Waals surface area contributed by atoms with Crippen molar-refractivity contribution >= 4 is 11.7 Å². The normalized spacial score (nSPS) is 13.6. The Bertz CT molecular complexity index is 952. The number of aryl methyl sites for hydroxylation is 1. The molecule has 1 aromatic carbocycles. The van der Waals surface area contributed by atoms with Crippen molar-refractivity contribution < 1.29 is 14.1 Å². The van der Waals surface area contributed by atoms with Crippen LogP contribution in [0.3, 0.4) is 0 Å². The second kappa shape index (κ2) is 6.63. The van der Waals surface area contributed by atoms with E-state index >= 15 is 0 Å². The molecule has 6 heteroatoms. The molecule has 2 N–H and O–H groups in total. The summed E-state index contributed by atoms with van der Waals surface area (Å²) in [5.41, 5.74) is 2.60.